The van der Waals surface area contributed by atoms with Crippen molar-refractivity contribution in [3.63, 3.8) is 0 Å². The number of nitrogens with two attached hydrogens (primary N) is 1. The highest BCUT2D eigenvalue weighted by molar-refractivity contribution is 5.77. The zero-order valence-electron chi connectivity index (χ0n) is 8.14. The summed E-state index contributed by atoms with van der Waals surface area (Å²) in [5, 5.41) is 8.82. The first-order valence-electron chi connectivity index (χ1n) is 4.31. The Bertz CT molecular complexity index is 389. The van der Waals surface area contributed by atoms with Crippen LogP contribution in [0.3, 0.4) is 0 Å². The summed E-state index contributed by atoms with van der Waals surface area (Å²) in [6.07, 6.45) is -0.958. The Balaban J connectivity index is 3.05. The van der Waals surface area contributed by atoms with Gasteiger partial charge in [-0.2, -0.15) is 0 Å². The quantitative estimate of drug-likeness (QED) is 0.785. The lowest BCUT2D eigenvalue weighted by molar-refractivity contribution is -0.138. The molecule has 1 rings (SSSR count). The molecule has 0 aliphatic carbocycles. The van der Waals surface area contributed by atoms with Crippen LogP contribution < -0.4 is 10.5 Å². The lowest BCUT2D eigenvalue weighted by atomic mass is 10.0. The third kappa shape index (κ3) is 2.70. The van der Waals surface area contributed by atoms with Crippen molar-refractivity contribution in [1.82, 2.24) is 0 Å². The SMILES string of the molecule is CC(C(=O)O)c1ccccc1OC(N)=O. The third-order valence-corrected chi connectivity index (χ3v) is 1.97. The molecule has 80 valence electrons. The molecule has 0 heterocycles. The lowest BCUT2D eigenvalue weighted by Crippen LogP contribution is -2.18. The van der Waals surface area contributed by atoms with Crippen LogP contribution in [0.1, 0.15) is 18.4 Å². The highest BCUT2D eigenvalue weighted by Crippen LogP contribution is 2.26. The summed E-state index contributed by atoms with van der Waals surface area (Å²) >= 11 is 0. The molecule has 0 radical (unpaired) electrons. The fraction of sp³-hybridized carbons (Fsp3) is 0.200. The highest BCUT2D eigenvalue weighted by Gasteiger charge is 2.18. The molecule has 5 heteroatoms. The molecular formula is C10H11NO4. The summed E-state index contributed by atoms with van der Waals surface area (Å²) in [6.45, 7) is 1.51. The standard InChI is InChI=1S/C10H11NO4/c1-6(9(12)13)7-4-2-3-5-8(7)15-10(11)14/h2-6H,1H3,(H2,11,14)(H,12,13). The molecule has 1 atom stereocenters. The zero-order valence-corrected chi connectivity index (χ0v) is 8.14. The molecule has 1 aromatic carbocycles. The van der Waals surface area contributed by atoms with Gasteiger partial charge in [0.2, 0.25) is 0 Å². The van der Waals surface area contributed by atoms with Gasteiger partial charge in [-0.15, -0.1) is 0 Å². The Morgan fingerprint density at radius 2 is 2.00 bits per heavy atom. The van der Waals surface area contributed by atoms with Crippen LogP contribution in [-0.4, -0.2) is 17.2 Å². The van der Waals surface area contributed by atoms with E-state index in [1.165, 1.54) is 13.0 Å². The summed E-state index contributed by atoms with van der Waals surface area (Å²) in [6, 6.07) is 6.38. The Morgan fingerprint density at radius 3 is 2.53 bits per heavy atom. The Hall–Kier alpha value is -2.04. The molecule has 15 heavy (non-hydrogen) atoms. The zero-order chi connectivity index (χ0) is 11.4. The molecule has 0 aliphatic rings. The van der Waals surface area contributed by atoms with Gasteiger partial charge in [-0.05, 0) is 13.0 Å². The molecule has 0 spiro atoms. The van der Waals surface area contributed by atoms with E-state index in [0.717, 1.165) is 0 Å². The van der Waals surface area contributed by atoms with Crippen molar-refractivity contribution < 1.29 is 19.4 Å². The minimum absolute atomic E-state index is 0.180. The maximum atomic E-state index is 10.8. The molecule has 0 fully saturated rings. The summed E-state index contributed by atoms with van der Waals surface area (Å²) in [5.74, 6) is -1.56. The van der Waals surface area contributed by atoms with Gasteiger partial charge in [0.05, 0.1) is 5.92 Å². The van der Waals surface area contributed by atoms with Crippen LogP contribution in [0.15, 0.2) is 24.3 Å². The molecule has 0 aromatic heterocycles. The predicted molar refractivity (Wildman–Crippen MR) is 52.7 cm³/mol. The average Bonchev–Trinajstić information content (AvgIpc) is 2.16. The van der Waals surface area contributed by atoms with Crippen LogP contribution in [-0.2, 0) is 4.79 Å². The van der Waals surface area contributed by atoms with E-state index in [9.17, 15) is 9.59 Å². The number of rotatable bonds is 3. The number of carbonyl (C=O) groups excluding carboxylic acids is 1. The molecule has 1 unspecified atom stereocenters. The minimum atomic E-state index is -0.990. The minimum Gasteiger partial charge on any atom is -0.481 e. The van der Waals surface area contributed by atoms with Gasteiger partial charge in [-0.1, -0.05) is 18.2 Å². The number of primary amides is 1. The van der Waals surface area contributed by atoms with E-state index in [0.29, 0.717) is 5.56 Å². The van der Waals surface area contributed by atoms with Crippen LogP contribution in [0, 0.1) is 0 Å². The van der Waals surface area contributed by atoms with Gasteiger partial charge in [-0.25, -0.2) is 4.79 Å². The Morgan fingerprint density at radius 1 is 1.40 bits per heavy atom. The van der Waals surface area contributed by atoms with E-state index in [-0.39, 0.29) is 5.75 Å². The van der Waals surface area contributed by atoms with E-state index >= 15 is 0 Å². The van der Waals surface area contributed by atoms with Crippen LogP contribution in [0.5, 0.6) is 5.75 Å². The maximum absolute atomic E-state index is 10.8. The maximum Gasteiger partial charge on any atom is 0.409 e. The number of amides is 1. The molecule has 1 aromatic rings. The summed E-state index contributed by atoms with van der Waals surface area (Å²) < 4.78 is 4.69. The molecule has 0 saturated heterocycles. The lowest BCUT2D eigenvalue weighted by Gasteiger charge is -2.11. The molecular weight excluding hydrogens is 198 g/mol. The Labute approximate surface area is 86.5 Å². The molecule has 0 bridgehead atoms. The van der Waals surface area contributed by atoms with Gasteiger partial charge in [0.1, 0.15) is 5.75 Å². The van der Waals surface area contributed by atoms with Crippen molar-refractivity contribution in [2.24, 2.45) is 5.73 Å². The average molecular weight is 209 g/mol. The van der Waals surface area contributed by atoms with Crippen LogP contribution >= 0.6 is 0 Å². The smallest absolute Gasteiger partial charge is 0.409 e. The Kier molecular flexibility index (Phi) is 3.28. The van der Waals surface area contributed by atoms with E-state index in [1.54, 1.807) is 18.2 Å². The third-order valence-electron chi connectivity index (χ3n) is 1.97. The van der Waals surface area contributed by atoms with Gasteiger partial charge in [0.25, 0.3) is 0 Å². The fourth-order valence-electron chi connectivity index (χ4n) is 1.17. The molecule has 1 amide bonds. The number of aliphatic carboxylic acids is 1. The number of carboxylic acid groups (broad SMARTS) is 1. The second-order valence-corrected chi connectivity index (χ2v) is 3.02. The number of para-hydroxylation sites is 1. The largest absolute Gasteiger partial charge is 0.481 e. The second kappa shape index (κ2) is 4.45. The van der Waals surface area contributed by atoms with Crippen LogP contribution in [0.4, 0.5) is 4.79 Å². The van der Waals surface area contributed by atoms with Crippen molar-refractivity contribution in [3.05, 3.63) is 29.8 Å². The normalized spacial score (nSPS) is 11.8. The number of benzene rings is 1. The summed E-state index contributed by atoms with van der Waals surface area (Å²) in [7, 11) is 0. The van der Waals surface area contributed by atoms with Gasteiger partial charge in [0.15, 0.2) is 0 Å². The monoisotopic (exact) mass is 209 g/mol. The molecule has 0 aliphatic heterocycles. The summed E-state index contributed by atoms with van der Waals surface area (Å²) in [4.78, 5) is 21.3. The van der Waals surface area contributed by atoms with E-state index in [2.05, 4.69) is 0 Å². The van der Waals surface area contributed by atoms with Crippen molar-refractivity contribution in [3.8, 4) is 5.75 Å². The first-order chi connectivity index (χ1) is 7.02. The predicted octanol–water partition coefficient (Wildman–Crippen LogP) is 1.33. The first-order valence-corrected chi connectivity index (χ1v) is 4.31. The fourth-order valence-corrected chi connectivity index (χ4v) is 1.17. The van der Waals surface area contributed by atoms with Crippen molar-refractivity contribution in [2.45, 2.75) is 12.8 Å². The van der Waals surface area contributed by atoms with Gasteiger partial charge >= 0.3 is 12.1 Å². The van der Waals surface area contributed by atoms with Crippen molar-refractivity contribution in [2.75, 3.05) is 0 Å². The topological polar surface area (TPSA) is 89.6 Å². The van der Waals surface area contributed by atoms with Crippen molar-refractivity contribution >= 4 is 12.1 Å². The van der Waals surface area contributed by atoms with Crippen LogP contribution in [0.2, 0.25) is 0 Å². The van der Waals surface area contributed by atoms with Gasteiger partial charge < -0.3 is 15.6 Å². The van der Waals surface area contributed by atoms with E-state index in [1.807, 2.05) is 0 Å². The molecule has 0 saturated carbocycles. The number of carbonyl (C=O) groups is 2. The number of ether oxygens (including phenoxy) is 1. The number of hydrogen-bond donors (Lipinski definition) is 2. The summed E-state index contributed by atoms with van der Waals surface area (Å²) in [5.41, 5.74) is 5.28. The molecule has 5 nitrogen and oxygen atoms in total. The number of hydrogen-bond acceptors (Lipinski definition) is 3. The van der Waals surface area contributed by atoms with E-state index in [4.69, 9.17) is 15.6 Å². The van der Waals surface area contributed by atoms with E-state index < -0.39 is 18.0 Å². The molecule has 3 N–H and O–H groups in total. The van der Waals surface area contributed by atoms with Gasteiger partial charge in [0, 0.05) is 5.56 Å². The van der Waals surface area contributed by atoms with Crippen LogP contribution in [0.25, 0.3) is 0 Å². The number of carboxylic acids is 1. The van der Waals surface area contributed by atoms with Gasteiger partial charge in [-0.3, -0.25) is 4.79 Å². The second-order valence-electron chi connectivity index (χ2n) is 3.02. The highest BCUT2D eigenvalue weighted by atomic mass is 16.5. The van der Waals surface area contributed by atoms with Crippen molar-refractivity contribution in [1.29, 1.82) is 0 Å². The first kappa shape index (κ1) is 11.0.